The Kier molecular flexibility index (Phi) is 1.07. The quantitative estimate of drug-likeness (QED) is 0.554. The van der Waals surface area contributed by atoms with E-state index in [1.807, 2.05) is 0 Å². The Morgan fingerprint density at radius 3 is 2.21 bits per heavy atom. The number of hydrogen-bond acceptors (Lipinski definition) is 3. The minimum Gasteiger partial charge on any atom is -0.481 e. The van der Waals surface area contributed by atoms with Gasteiger partial charge in [-0.05, 0) is 24.7 Å². The van der Waals surface area contributed by atoms with Crippen molar-refractivity contribution in [3.05, 3.63) is 0 Å². The summed E-state index contributed by atoms with van der Waals surface area (Å²) in [6.07, 6.45) is 1.14. The highest BCUT2D eigenvalue weighted by Gasteiger charge is 2.88. The van der Waals surface area contributed by atoms with E-state index in [1.54, 1.807) is 0 Å². The summed E-state index contributed by atoms with van der Waals surface area (Å²) in [5.74, 6) is -2.33. The smallest absolute Gasteiger partial charge is 0.324 e. The van der Waals surface area contributed by atoms with Gasteiger partial charge in [-0.15, -0.1) is 0 Å². The van der Waals surface area contributed by atoms with E-state index in [0.717, 1.165) is 0 Å². The molecule has 0 amide bonds. The lowest BCUT2D eigenvalue weighted by Crippen LogP contribution is -2.51. The van der Waals surface area contributed by atoms with Gasteiger partial charge in [0.1, 0.15) is 5.54 Å². The van der Waals surface area contributed by atoms with Crippen LogP contribution in [-0.4, -0.2) is 27.7 Å². The first kappa shape index (κ1) is 8.23. The van der Waals surface area contributed by atoms with Crippen LogP contribution in [0, 0.1) is 23.2 Å². The van der Waals surface area contributed by atoms with Crippen molar-refractivity contribution in [2.75, 3.05) is 0 Å². The third-order valence-corrected chi connectivity index (χ3v) is 4.59. The van der Waals surface area contributed by atoms with Gasteiger partial charge in [-0.1, -0.05) is 0 Å². The molecule has 0 aliphatic heterocycles. The Balaban J connectivity index is 2.06. The molecule has 14 heavy (non-hydrogen) atoms. The van der Waals surface area contributed by atoms with Gasteiger partial charge in [-0.2, -0.15) is 0 Å². The van der Waals surface area contributed by atoms with E-state index >= 15 is 0 Å². The van der Waals surface area contributed by atoms with Crippen LogP contribution < -0.4 is 5.73 Å². The van der Waals surface area contributed by atoms with Gasteiger partial charge in [-0.3, -0.25) is 9.59 Å². The molecule has 4 bridgehead atoms. The maximum Gasteiger partial charge on any atom is 0.324 e. The molecule has 4 aliphatic carbocycles. The molecular weight excluding hydrogens is 186 g/mol. The van der Waals surface area contributed by atoms with E-state index in [1.165, 1.54) is 0 Å². The molecule has 5 heteroatoms. The number of aliphatic carboxylic acids is 2. The summed E-state index contributed by atoms with van der Waals surface area (Å²) in [5, 5.41) is 18.1. The molecule has 4 fully saturated rings. The third-order valence-electron chi connectivity index (χ3n) is 4.59. The van der Waals surface area contributed by atoms with Crippen LogP contribution in [0.25, 0.3) is 0 Å². The summed E-state index contributed by atoms with van der Waals surface area (Å²) in [5.41, 5.74) is 3.79. The molecule has 4 saturated carbocycles. The summed E-state index contributed by atoms with van der Waals surface area (Å²) in [4.78, 5) is 22.1. The SMILES string of the molecule is N[C@]1(C(=O)O)[C@@H]2C[C@@H]3[C@@H]1[C@@]3(C(=O)O)C2. The second kappa shape index (κ2) is 1.82. The minimum absolute atomic E-state index is 0.0195. The van der Waals surface area contributed by atoms with Crippen LogP contribution in [0.2, 0.25) is 0 Å². The molecular formula is C9H11NO4. The Morgan fingerprint density at radius 1 is 1.29 bits per heavy atom. The summed E-state index contributed by atoms with van der Waals surface area (Å²) in [6.45, 7) is 0. The minimum atomic E-state index is -1.26. The predicted molar refractivity (Wildman–Crippen MR) is 44.3 cm³/mol. The fourth-order valence-corrected chi connectivity index (χ4v) is 4.00. The second-order valence-electron chi connectivity index (χ2n) is 4.80. The lowest BCUT2D eigenvalue weighted by atomic mass is 9.90. The van der Waals surface area contributed by atoms with Crippen molar-refractivity contribution in [3.63, 3.8) is 0 Å². The monoisotopic (exact) mass is 197 g/mol. The van der Waals surface area contributed by atoms with Crippen molar-refractivity contribution in [1.29, 1.82) is 0 Å². The van der Waals surface area contributed by atoms with Crippen molar-refractivity contribution in [2.45, 2.75) is 18.4 Å². The first-order valence-corrected chi connectivity index (χ1v) is 4.71. The van der Waals surface area contributed by atoms with E-state index in [-0.39, 0.29) is 17.8 Å². The van der Waals surface area contributed by atoms with Crippen LogP contribution in [0.4, 0.5) is 0 Å². The Labute approximate surface area is 79.9 Å². The molecule has 5 atom stereocenters. The maximum absolute atomic E-state index is 11.1. The first-order chi connectivity index (χ1) is 6.45. The summed E-state index contributed by atoms with van der Waals surface area (Å²) >= 11 is 0. The fourth-order valence-electron chi connectivity index (χ4n) is 4.00. The molecule has 0 unspecified atom stereocenters. The van der Waals surface area contributed by atoms with Gasteiger partial charge in [0.25, 0.3) is 0 Å². The van der Waals surface area contributed by atoms with Gasteiger partial charge in [0.05, 0.1) is 5.41 Å². The zero-order chi connectivity index (χ0) is 10.3. The van der Waals surface area contributed by atoms with Gasteiger partial charge in [-0.25, -0.2) is 0 Å². The molecule has 0 aromatic rings. The maximum atomic E-state index is 11.1. The Hall–Kier alpha value is -1.10. The largest absolute Gasteiger partial charge is 0.481 e. The molecule has 0 saturated heterocycles. The lowest BCUT2D eigenvalue weighted by molar-refractivity contribution is -0.145. The highest BCUT2D eigenvalue weighted by atomic mass is 16.4. The zero-order valence-corrected chi connectivity index (χ0v) is 7.43. The average molecular weight is 197 g/mol. The van der Waals surface area contributed by atoms with Crippen molar-refractivity contribution >= 4 is 11.9 Å². The van der Waals surface area contributed by atoms with E-state index in [0.29, 0.717) is 12.8 Å². The number of carboxylic acids is 2. The summed E-state index contributed by atoms with van der Waals surface area (Å²) < 4.78 is 0. The number of rotatable bonds is 2. The van der Waals surface area contributed by atoms with E-state index in [9.17, 15) is 9.59 Å². The molecule has 0 spiro atoms. The number of carbonyl (C=O) groups is 2. The van der Waals surface area contributed by atoms with Gasteiger partial charge in [0, 0.05) is 5.92 Å². The normalized spacial score (nSPS) is 57.4. The van der Waals surface area contributed by atoms with Crippen molar-refractivity contribution < 1.29 is 19.8 Å². The van der Waals surface area contributed by atoms with Gasteiger partial charge >= 0.3 is 11.9 Å². The van der Waals surface area contributed by atoms with E-state index < -0.39 is 22.9 Å². The average Bonchev–Trinajstić information content (AvgIpc) is 2.45. The van der Waals surface area contributed by atoms with Crippen LogP contribution in [0.1, 0.15) is 12.8 Å². The highest BCUT2D eigenvalue weighted by Crippen LogP contribution is 2.81. The van der Waals surface area contributed by atoms with Crippen LogP contribution in [0.5, 0.6) is 0 Å². The molecule has 4 aliphatic rings. The highest BCUT2D eigenvalue weighted by molar-refractivity contribution is 5.90. The molecule has 0 heterocycles. The molecule has 0 aromatic carbocycles. The van der Waals surface area contributed by atoms with Crippen molar-refractivity contribution in [1.82, 2.24) is 0 Å². The van der Waals surface area contributed by atoms with Gasteiger partial charge in [0.2, 0.25) is 0 Å². The molecule has 76 valence electrons. The fraction of sp³-hybridized carbons (Fsp3) is 0.778. The van der Waals surface area contributed by atoms with E-state index in [4.69, 9.17) is 15.9 Å². The standard InChI is InChI=1S/C9H11NO4/c10-9(7(13)14)3-1-4-5(9)8(4,2-3)6(11)12/h3-5H,1-2,10H2,(H,11,12)(H,13,14)/t3-,4-,5-,8-,9-/m1/s1. The van der Waals surface area contributed by atoms with Gasteiger partial charge < -0.3 is 15.9 Å². The Bertz CT molecular complexity index is 368. The zero-order valence-electron chi connectivity index (χ0n) is 7.43. The summed E-state index contributed by atoms with van der Waals surface area (Å²) in [7, 11) is 0. The predicted octanol–water partition coefficient (Wildman–Crippen LogP) is -0.491. The summed E-state index contributed by atoms with van der Waals surface area (Å²) in [6, 6.07) is 0. The third kappa shape index (κ3) is 0.507. The molecule has 4 rings (SSSR count). The van der Waals surface area contributed by atoms with Crippen LogP contribution >= 0.6 is 0 Å². The first-order valence-electron chi connectivity index (χ1n) is 4.71. The second-order valence-corrected chi connectivity index (χ2v) is 4.80. The lowest BCUT2D eigenvalue weighted by Gasteiger charge is -2.22. The van der Waals surface area contributed by atoms with Crippen molar-refractivity contribution in [3.8, 4) is 0 Å². The van der Waals surface area contributed by atoms with Crippen LogP contribution in [0.3, 0.4) is 0 Å². The molecule has 0 radical (unpaired) electrons. The number of hydrogen-bond donors (Lipinski definition) is 3. The number of carboxylic acid groups (broad SMARTS) is 2. The molecule has 0 aromatic heterocycles. The molecule has 4 N–H and O–H groups in total. The van der Waals surface area contributed by atoms with Gasteiger partial charge in [0.15, 0.2) is 0 Å². The van der Waals surface area contributed by atoms with Crippen LogP contribution in [0.15, 0.2) is 0 Å². The Morgan fingerprint density at radius 2 is 1.93 bits per heavy atom. The van der Waals surface area contributed by atoms with E-state index in [2.05, 4.69) is 0 Å². The molecule has 5 nitrogen and oxygen atoms in total. The topological polar surface area (TPSA) is 101 Å². The number of nitrogens with two attached hydrogens (primary N) is 1. The van der Waals surface area contributed by atoms with Crippen LogP contribution in [-0.2, 0) is 9.59 Å². The van der Waals surface area contributed by atoms with Crippen molar-refractivity contribution in [2.24, 2.45) is 28.9 Å².